The van der Waals surface area contributed by atoms with E-state index in [1.54, 1.807) is 6.20 Å². The fourth-order valence-electron chi connectivity index (χ4n) is 2.34. The lowest BCUT2D eigenvalue weighted by Crippen LogP contribution is -2.28. The number of aromatic nitrogens is 2. The van der Waals surface area contributed by atoms with Gasteiger partial charge < -0.3 is 15.6 Å². The third-order valence-corrected chi connectivity index (χ3v) is 3.19. The Hall–Kier alpha value is -2.04. The topological polar surface area (TPSA) is 75.0 Å². The number of aromatic amines is 1. The van der Waals surface area contributed by atoms with E-state index < -0.39 is 0 Å². The summed E-state index contributed by atoms with van der Waals surface area (Å²) in [6.07, 6.45) is 3.82. The summed E-state index contributed by atoms with van der Waals surface area (Å²) in [6.45, 7) is 1.63. The van der Waals surface area contributed by atoms with Crippen molar-refractivity contribution < 1.29 is 4.79 Å². The fraction of sp³-hybridized carbons (Fsp3) is 0.333. The molecule has 5 nitrogen and oxygen atoms in total. The minimum Gasteiger partial charge on any atom is -0.385 e. The van der Waals surface area contributed by atoms with Crippen molar-refractivity contribution in [3.63, 3.8) is 0 Å². The zero-order valence-corrected chi connectivity index (χ0v) is 9.44. The zero-order chi connectivity index (χ0) is 11.8. The summed E-state index contributed by atoms with van der Waals surface area (Å²) in [5.41, 5.74) is 7.88. The third kappa shape index (κ3) is 1.54. The van der Waals surface area contributed by atoms with E-state index in [0.29, 0.717) is 16.9 Å². The Bertz CT molecular complexity index is 569. The Morgan fingerprint density at radius 2 is 2.18 bits per heavy atom. The molecule has 1 saturated heterocycles. The monoisotopic (exact) mass is 230 g/mol. The van der Waals surface area contributed by atoms with E-state index in [2.05, 4.69) is 9.97 Å². The number of nitrogens with zero attached hydrogens (tertiary/aromatic N) is 2. The van der Waals surface area contributed by atoms with Gasteiger partial charge in [0.15, 0.2) is 0 Å². The highest BCUT2D eigenvalue weighted by Crippen LogP contribution is 2.24. The average molecular weight is 230 g/mol. The first-order chi connectivity index (χ1) is 8.27. The molecular formula is C12H14N4O. The first-order valence-electron chi connectivity index (χ1n) is 5.79. The largest absolute Gasteiger partial charge is 0.385 e. The van der Waals surface area contributed by atoms with Crippen molar-refractivity contribution in [2.45, 2.75) is 12.8 Å². The Morgan fingerprint density at radius 3 is 2.94 bits per heavy atom. The number of nitrogens with one attached hydrogen (secondary N) is 1. The summed E-state index contributed by atoms with van der Waals surface area (Å²) in [5, 5.41) is 0. The molecule has 88 valence electrons. The van der Waals surface area contributed by atoms with Crippen LogP contribution >= 0.6 is 0 Å². The van der Waals surface area contributed by atoms with Crippen LogP contribution in [0.2, 0.25) is 0 Å². The van der Waals surface area contributed by atoms with Crippen molar-refractivity contribution in [2.75, 3.05) is 18.8 Å². The number of pyridine rings is 1. The van der Waals surface area contributed by atoms with Crippen molar-refractivity contribution in [3.05, 3.63) is 23.9 Å². The maximum atomic E-state index is 12.3. The highest BCUT2D eigenvalue weighted by Gasteiger charge is 2.25. The normalized spacial score (nSPS) is 15.6. The first-order valence-corrected chi connectivity index (χ1v) is 5.79. The molecular weight excluding hydrogens is 216 g/mol. The van der Waals surface area contributed by atoms with Crippen molar-refractivity contribution in [3.8, 4) is 0 Å². The number of hydrogen-bond acceptors (Lipinski definition) is 3. The molecule has 0 aliphatic carbocycles. The van der Waals surface area contributed by atoms with Gasteiger partial charge in [-0.15, -0.1) is 0 Å². The van der Waals surface area contributed by atoms with Crippen LogP contribution in [0.4, 0.5) is 5.82 Å². The average Bonchev–Trinajstić information content (AvgIpc) is 2.94. The quantitative estimate of drug-likeness (QED) is 0.777. The Morgan fingerprint density at radius 1 is 1.41 bits per heavy atom. The summed E-state index contributed by atoms with van der Waals surface area (Å²) in [7, 11) is 0. The molecule has 1 amide bonds. The number of carbonyl (C=O) groups is 1. The van der Waals surface area contributed by atoms with Crippen LogP contribution in [-0.2, 0) is 0 Å². The van der Waals surface area contributed by atoms with Crippen LogP contribution in [0.3, 0.4) is 0 Å². The molecule has 3 rings (SSSR count). The predicted octanol–water partition coefficient (Wildman–Crippen LogP) is 1.38. The second kappa shape index (κ2) is 3.76. The van der Waals surface area contributed by atoms with Crippen LogP contribution < -0.4 is 5.73 Å². The van der Waals surface area contributed by atoms with Gasteiger partial charge in [-0.25, -0.2) is 0 Å². The maximum absolute atomic E-state index is 12.3. The molecule has 2 aromatic heterocycles. The van der Waals surface area contributed by atoms with E-state index in [9.17, 15) is 4.79 Å². The third-order valence-electron chi connectivity index (χ3n) is 3.19. The van der Waals surface area contributed by atoms with E-state index in [-0.39, 0.29) is 5.91 Å². The van der Waals surface area contributed by atoms with Crippen LogP contribution in [-0.4, -0.2) is 33.9 Å². The number of rotatable bonds is 1. The van der Waals surface area contributed by atoms with Crippen LogP contribution in [0.25, 0.3) is 11.0 Å². The van der Waals surface area contributed by atoms with E-state index in [0.717, 1.165) is 31.4 Å². The second-order valence-electron chi connectivity index (χ2n) is 4.31. The summed E-state index contributed by atoms with van der Waals surface area (Å²) >= 11 is 0. The maximum Gasteiger partial charge on any atom is 0.259 e. The second-order valence-corrected chi connectivity index (χ2v) is 4.31. The fourth-order valence-corrected chi connectivity index (χ4v) is 2.34. The van der Waals surface area contributed by atoms with E-state index in [1.165, 1.54) is 0 Å². The lowest BCUT2D eigenvalue weighted by Gasteiger charge is -2.14. The van der Waals surface area contributed by atoms with Crippen molar-refractivity contribution in [1.29, 1.82) is 0 Å². The molecule has 0 aromatic carbocycles. The van der Waals surface area contributed by atoms with Gasteiger partial charge in [0.25, 0.3) is 5.91 Å². The van der Waals surface area contributed by atoms with Gasteiger partial charge in [0.2, 0.25) is 0 Å². The lowest BCUT2D eigenvalue weighted by atomic mass is 10.2. The molecule has 1 aliphatic heterocycles. The van der Waals surface area contributed by atoms with E-state index in [1.807, 2.05) is 17.0 Å². The summed E-state index contributed by atoms with van der Waals surface area (Å²) in [4.78, 5) is 21.4. The zero-order valence-electron chi connectivity index (χ0n) is 9.44. The van der Waals surface area contributed by atoms with Crippen LogP contribution in [0.15, 0.2) is 18.3 Å². The Balaban J connectivity index is 2.09. The molecule has 0 radical (unpaired) electrons. The molecule has 2 aromatic rings. The Labute approximate surface area is 98.6 Å². The number of nitrogens with two attached hydrogens (primary N) is 1. The molecule has 0 spiro atoms. The van der Waals surface area contributed by atoms with Gasteiger partial charge in [-0.3, -0.25) is 9.78 Å². The number of anilines is 1. The summed E-state index contributed by atoms with van der Waals surface area (Å²) in [6, 6.07) is 3.70. The number of carbonyl (C=O) groups excluding carboxylic acids is 1. The molecule has 1 aliphatic rings. The van der Waals surface area contributed by atoms with Crippen LogP contribution in [0.1, 0.15) is 23.2 Å². The van der Waals surface area contributed by atoms with Crippen LogP contribution in [0, 0.1) is 0 Å². The van der Waals surface area contributed by atoms with Gasteiger partial charge in [-0.1, -0.05) is 0 Å². The molecule has 3 heterocycles. The van der Waals surface area contributed by atoms with Gasteiger partial charge in [0.05, 0.1) is 5.52 Å². The highest BCUT2D eigenvalue weighted by atomic mass is 16.2. The number of nitrogen functional groups attached to an aromatic ring is 1. The van der Waals surface area contributed by atoms with Crippen LogP contribution in [0.5, 0.6) is 0 Å². The number of likely N-dealkylation sites (tertiary alicyclic amines) is 1. The smallest absolute Gasteiger partial charge is 0.259 e. The first kappa shape index (κ1) is 10.1. The summed E-state index contributed by atoms with van der Waals surface area (Å²) < 4.78 is 0. The Kier molecular flexibility index (Phi) is 2.24. The molecule has 0 unspecified atom stereocenters. The molecule has 3 N–H and O–H groups in total. The number of H-pyrrole nitrogens is 1. The van der Waals surface area contributed by atoms with Gasteiger partial charge in [-0.05, 0) is 25.0 Å². The van der Waals surface area contributed by atoms with Crippen molar-refractivity contribution in [1.82, 2.24) is 14.9 Å². The molecule has 0 atom stereocenters. The number of hydrogen-bond donors (Lipinski definition) is 2. The van der Waals surface area contributed by atoms with Gasteiger partial charge in [0, 0.05) is 19.3 Å². The van der Waals surface area contributed by atoms with Crippen molar-refractivity contribution >= 4 is 22.8 Å². The predicted molar refractivity (Wildman–Crippen MR) is 65.6 cm³/mol. The lowest BCUT2D eigenvalue weighted by molar-refractivity contribution is 0.0795. The molecule has 17 heavy (non-hydrogen) atoms. The number of amides is 1. The van der Waals surface area contributed by atoms with Crippen molar-refractivity contribution in [2.24, 2.45) is 0 Å². The highest BCUT2D eigenvalue weighted by molar-refractivity contribution is 6.09. The van der Waals surface area contributed by atoms with Gasteiger partial charge in [0.1, 0.15) is 16.9 Å². The molecule has 5 heteroatoms. The SMILES string of the molecule is Nc1[nH]c2cccnc2c1C(=O)N1CCCC1. The summed E-state index contributed by atoms with van der Waals surface area (Å²) in [5.74, 6) is 0.403. The van der Waals surface area contributed by atoms with E-state index >= 15 is 0 Å². The minimum absolute atomic E-state index is 0.00931. The van der Waals surface area contributed by atoms with Gasteiger partial charge >= 0.3 is 0 Å². The van der Waals surface area contributed by atoms with Gasteiger partial charge in [-0.2, -0.15) is 0 Å². The molecule has 1 fully saturated rings. The molecule has 0 bridgehead atoms. The minimum atomic E-state index is -0.00931. The number of fused-ring (bicyclic) bond motifs is 1. The van der Waals surface area contributed by atoms with E-state index in [4.69, 9.17) is 5.73 Å². The molecule has 0 saturated carbocycles. The standard InChI is InChI=1S/C12H14N4O/c13-11-9(12(17)16-6-1-2-7-16)10-8(15-11)4-3-5-14-10/h3-5,15H,1-2,6-7,13H2.